The Kier molecular flexibility index (Phi) is 3.85. The van der Waals surface area contributed by atoms with Crippen LogP contribution in [0.4, 0.5) is 10.1 Å². The first-order valence-electron chi connectivity index (χ1n) is 6.03. The maximum absolute atomic E-state index is 14.0. The van der Waals surface area contributed by atoms with Crippen molar-refractivity contribution in [2.75, 3.05) is 5.73 Å². The molecule has 19 heavy (non-hydrogen) atoms. The van der Waals surface area contributed by atoms with Crippen LogP contribution < -0.4 is 10.5 Å². The Hall–Kier alpha value is -2.29. The van der Waals surface area contributed by atoms with Crippen LogP contribution in [0.25, 0.3) is 5.57 Å². The number of benzene rings is 2. The van der Waals surface area contributed by atoms with Crippen LogP contribution in [-0.2, 0) is 0 Å². The normalized spacial score (nSPS) is 11.9. The number of ether oxygens (including phenoxy) is 1. The second kappa shape index (κ2) is 5.57. The molecule has 2 N–H and O–H groups in total. The minimum Gasteiger partial charge on any atom is -0.431 e. The van der Waals surface area contributed by atoms with Gasteiger partial charge in [-0.1, -0.05) is 29.8 Å². The van der Waals surface area contributed by atoms with Gasteiger partial charge in [-0.2, -0.15) is 4.39 Å². The van der Waals surface area contributed by atoms with Crippen LogP contribution >= 0.6 is 0 Å². The van der Waals surface area contributed by atoms with E-state index < -0.39 is 6.01 Å². The maximum Gasteiger partial charge on any atom is 0.281 e. The summed E-state index contributed by atoms with van der Waals surface area (Å²) < 4.78 is 19.2. The predicted molar refractivity (Wildman–Crippen MR) is 76.4 cm³/mol. The number of allylic oxidation sites excluding steroid dienone is 1. The molecule has 2 rings (SSSR count). The Morgan fingerprint density at radius 2 is 1.58 bits per heavy atom. The second-order valence-corrected chi connectivity index (χ2v) is 4.44. The lowest BCUT2D eigenvalue weighted by Crippen LogP contribution is -1.94. The third-order valence-corrected chi connectivity index (χ3v) is 2.87. The Morgan fingerprint density at radius 1 is 1.00 bits per heavy atom. The van der Waals surface area contributed by atoms with Crippen molar-refractivity contribution in [2.45, 2.75) is 13.8 Å². The molecule has 0 aromatic heterocycles. The highest BCUT2D eigenvalue weighted by Crippen LogP contribution is 2.23. The zero-order valence-electron chi connectivity index (χ0n) is 11.0. The zero-order valence-corrected chi connectivity index (χ0v) is 11.0. The SMILES string of the molecule is CC(=C(F)Oc1ccc(N)cc1)c1ccc(C)cc1. The molecule has 0 spiro atoms. The Balaban J connectivity index is 2.21. The number of rotatable bonds is 3. The topological polar surface area (TPSA) is 35.2 Å². The van der Waals surface area contributed by atoms with Crippen molar-refractivity contribution in [3.63, 3.8) is 0 Å². The van der Waals surface area contributed by atoms with Crippen molar-refractivity contribution in [3.8, 4) is 5.75 Å². The minimum absolute atomic E-state index is 0.429. The van der Waals surface area contributed by atoms with Gasteiger partial charge < -0.3 is 10.5 Å². The lowest BCUT2D eigenvalue weighted by molar-refractivity contribution is 0.305. The molecule has 2 nitrogen and oxygen atoms in total. The van der Waals surface area contributed by atoms with Crippen LogP contribution in [0.3, 0.4) is 0 Å². The quantitative estimate of drug-likeness (QED) is 0.656. The van der Waals surface area contributed by atoms with Crippen LogP contribution in [0.1, 0.15) is 18.1 Å². The van der Waals surface area contributed by atoms with Crippen LogP contribution in [0.5, 0.6) is 5.75 Å². The van der Waals surface area contributed by atoms with Gasteiger partial charge in [0.15, 0.2) is 0 Å². The average molecular weight is 257 g/mol. The first-order valence-corrected chi connectivity index (χ1v) is 6.03. The Labute approximate surface area is 112 Å². The predicted octanol–water partition coefficient (Wildman–Crippen LogP) is 4.31. The van der Waals surface area contributed by atoms with E-state index in [4.69, 9.17) is 10.5 Å². The largest absolute Gasteiger partial charge is 0.431 e. The molecule has 98 valence electrons. The maximum atomic E-state index is 14.0. The molecule has 0 fully saturated rings. The molecule has 2 aromatic carbocycles. The van der Waals surface area contributed by atoms with Crippen molar-refractivity contribution in [2.24, 2.45) is 0 Å². The van der Waals surface area contributed by atoms with Crippen LogP contribution in [-0.4, -0.2) is 0 Å². The number of hydrogen-bond donors (Lipinski definition) is 1. The fourth-order valence-corrected chi connectivity index (χ4v) is 1.63. The minimum atomic E-state index is -0.603. The van der Waals surface area contributed by atoms with Crippen molar-refractivity contribution < 1.29 is 9.13 Å². The van der Waals surface area contributed by atoms with Gasteiger partial charge >= 0.3 is 0 Å². The van der Waals surface area contributed by atoms with Crippen LogP contribution in [0.15, 0.2) is 54.5 Å². The van der Waals surface area contributed by atoms with Crippen LogP contribution in [0.2, 0.25) is 0 Å². The van der Waals surface area contributed by atoms with E-state index in [9.17, 15) is 4.39 Å². The summed E-state index contributed by atoms with van der Waals surface area (Å²) in [4.78, 5) is 0. The van der Waals surface area contributed by atoms with E-state index in [1.807, 2.05) is 31.2 Å². The highest BCUT2D eigenvalue weighted by molar-refractivity contribution is 5.65. The summed E-state index contributed by atoms with van der Waals surface area (Å²) in [5.74, 6) is 0.429. The number of nitrogen functional groups attached to an aromatic ring is 1. The molecule has 0 atom stereocenters. The summed E-state index contributed by atoms with van der Waals surface area (Å²) in [5.41, 5.74) is 8.59. The highest BCUT2D eigenvalue weighted by atomic mass is 19.1. The monoisotopic (exact) mass is 257 g/mol. The fraction of sp³-hybridized carbons (Fsp3) is 0.125. The number of anilines is 1. The van der Waals surface area contributed by atoms with E-state index in [1.54, 1.807) is 31.2 Å². The van der Waals surface area contributed by atoms with Gasteiger partial charge in [-0.3, -0.25) is 0 Å². The van der Waals surface area contributed by atoms with Crippen molar-refractivity contribution >= 4 is 11.3 Å². The molecule has 0 amide bonds. The van der Waals surface area contributed by atoms with Crippen molar-refractivity contribution in [1.82, 2.24) is 0 Å². The number of nitrogens with two attached hydrogens (primary N) is 1. The molecule has 0 aliphatic carbocycles. The standard InChI is InChI=1S/C16H16FNO/c1-11-3-5-13(6-4-11)12(2)16(17)19-15-9-7-14(18)8-10-15/h3-10H,18H2,1-2H3. The average Bonchev–Trinajstić information content (AvgIpc) is 2.41. The molecule has 0 saturated carbocycles. The van der Waals surface area contributed by atoms with Gasteiger partial charge in [0, 0.05) is 11.3 Å². The molecular formula is C16H16FNO. The van der Waals surface area contributed by atoms with Crippen molar-refractivity contribution in [3.05, 3.63) is 65.7 Å². The first-order chi connectivity index (χ1) is 9.06. The van der Waals surface area contributed by atoms with Gasteiger partial charge in [-0.25, -0.2) is 0 Å². The summed E-state index contributed by atoms with van der Waals surface area (Å²) in [7, 11) is 0. The molecule has 0 radical (unpaired) electrons. The molecular weight excluding hydrogens is 241 g/mol. The van der Waals surface area contributed by atoms with Gasteiger partial charge in [-0.15, -0.1) is 0 Å². The summed E-state index contributed by atoms with van der Waals surface area (Å²) in [6, 6.07) is 13.6. The van der Waals surface area contributed by atoms with Gasteiger partial charge in [-0.05, 0) is 43.7 Å². The van der Waals surface area contributed by atoms with Gasteiger partial charge in [0.2, 0.25) is 0 Å². The zero-order chi connectivity index (χ0) is 13.8. The highest BCUT2D eigenvalue weighted by Gasteiger charge is 2.07. The molecule has 0 unspecified atom stereocenters. The van der Waals surface area contributed by atoms with E-state index in [1.165, 1.54) is 0 Å². The molecule has 2 aromatic rings. The fourth-order valence-electron chi connectivity index (χ4n) is 1.63. The third-order valence-electron chi connectivity index (χ3n) is 2.87. The lowest BCUT2D eigenvalue weighted by Gasteiger charge is -2.07. The Bertz CT molecular complexity index is 585. The third kappa shape index (κ3) is 3.35. The van der Waals surface area contributed by atoms with Crippen LogP contribution in [0, 0.1) is 6.92 Å². The van der Waals surface area contributed by atoms with Crippen molar-refractivity contribution in [1.29, 1.82) is 0 Å². The van der Waals surface area contributed by atoms with E-state index in [2.05, 4.69) is 0 Å². The van der Waals surface area contributed by atoms with E-state index in [0.29, 0.717) is 17.0 Å². The second-order valence-electron chi connectivity index (χ2n) is 4.44. The molecule has 0 heterocycles. The van der Waals surface area contributed by atoms with Gasteiger partial charge in [0.25, 0.3) is 6.01 Å². The molecule has 0 saturated heterocycles. The molecule has 0 aliphatic rings. The Morgan fingerprint density at radius 3 is 2.16 bits per heavy atom. The smallest absolute Gasteiger partial charge is 0.281 e. The van der Waals surface area contributed by atoms with E-state index >= 15 is 0 Å². The van der Waals surface area contributed by atoms with Gasteiger partial charge in [0.05, 0.1) is 0 Å². The number of hydrogen-bond acceptors (Lipinski definition) is 2. The first kappa shape index (κ1) is 13.1. The molecule has 0 aliphatic heterocycles. The molecule has 0 bridgehead atoms. The van der Waals surface area contributed by atoms with E-state index in [-0.39, 0.29) is 0 Å². The number of aryl methyl sites for hydroxylation is 1. The van der Waals surface area contributed by atoms with E-state index in [0.717, 1.165) is 11.1 Å². The summed E-state index contributed by atoms with van der Waals surface area (Å²) in [6.45, 7) is 3.68. The summed E-state index contributed by atoms with van der Waals surface area (Å²) in [6.07, 6.45) is 0. The summed E-state index contributed by atoms with van der Waals surface area (Å²) >= 11 is 0. The summed E-state index contributed by atoms with van der Waals surface area (Å²) in [5, 5.41) is 0. The lowest BCUT2D eigenvalue weighted by atomic mass is 10.1. The van der Waals surface area contributed by atoms with Gasteiger partial charge in [0.1, 0.15) is 5.75 Å². The number of halogens is 1. The molecule has 3 heteroatoms.